The molecule has 4 nitrogen and oxygen atoms in total. The molecule has 1 aromatic rings. The number of carbonyl (C=O) groups is 2. The van der Waals surface area contributed by atoms with Crippen LogP contribution in [0, 0.1) is 11.3 Å². The van der Waals surface area contributed by atoms with Crippen LogP contribution in [0.3, 0.4) is 0 Å². The number of hydrogen-bond donors (Lipinski definition) is 1. The summed E-state index contributed by atoms with van der Waals surface area (Å²) in [4.78, 5) is 26.8. The van der Waals surface area contributed by atoms with Crippen LogP contribution in [0.15, 0.2) is 12.1 Å². The number of anilines is 1. The standard InChI is InChI=1S/C21H28ClNO3/c1-12(2)13-7-8-14-18(17(13)22)23(5)16(24)11-15-20(14,3)9-6-10-21(15,4)19(25)26/h7-8,12,15H,6,9-11H2,1-5H3,(H,25,26)/t15-,20-,21-/m1/s1. The van der Waals surface area contributed by atoms with Crippen LogP contribution < -0.4 is 4.90 Å². The van der Waals surface area contributed by atoms with Gasteiger partial charge in [0.15, 0.2) is 0 Å². The highest BCUT2D eigenvalue weighted by atomic mass is 35.5. The second-order valence-electron chi connectivity index (χ2n) is 8.72. The van der Waals surface area contributed by atoms with Crippen LogP contribution in [0.2, 0.25) is 5.02 Å². The summed E-state index contributed by atoms with van der Waals surface area (Å²) in [6, 6.07) is 4.12. The van der Waals surface area contributed by atoms with E-state index in [0.717, 1.165) is 29.7 Å². The second-order valence-corrected chi connectivity index (χ2v) is 9.10. The maximum Gasteiger partial charge on any atom is 0.309 e. The molecule has 1 aliphatic carbocycles. The predicted molar refractivity (Wildman–Crippen MR) is 104 cm³/mol. The van der Waals surface area contributed by atoms with E-state index in [4.69, 9.17) is 11.6 Å². The minimum Gasteiger partial charge on any atom is -0.481 e. The fourth-order valence-corrected chi connectivity index (χ4v) is 5.66. The maximum absolute atomic E-state index is 13.0. The van der Waals surface area contributed by atoms with E-state index in [0.29, 0.717) is 11.4 Å². The Labute approximate surface area is 160 Å². The van der Waals surface area contributed by atoms with Crippen LogP contribution in [-0.4, -0.2) is 24.0 Å². The van der Waals surface area contributed by atoms with Gasteiger partial charge < -0.3 is 10.0 Å². The van der Waals surface area contributed by atoms with Gasteiger partial charge in [-0.1, -0.05) is 50.9 Å². The van der Waals surface area contributed by atoms with Crippen molar-refractivity contribution in [2.24, 2.45) is 11.3 Å². The molecule has 1 aromatic carbocycles. The van der Waals surface area contributed by atoms with Crippen LogP contribution in [0.1, 0.15) is 70.4 Å². The molecule has 1 saturated carbocycles. The van der Waals surface area contributed by atoms with Gasteiger partial charge in [0.05, 0.1) is 16.1 Å². The molecule has 0 aromatic heterocycles. The molecule has 0 radical (unpaired) electrons. The number of aliphatic carboxylic acids is 1. The molecule has 1 fully saturated rings. The van der Waals surface area contributed by atoms with Crippen molar-refractivity contribution < 1.29 is 14.7 Å². The fraction of sp³-hybridized carbons (Fsp3) is 0.619. The molecule has 5 heteroatoms. The Bertz CT molecular complexity index is 775. The molecule has 26 heavy (non-hydrogen) atoms. The van der Waals surface area contributed by atoms with E-state index < -0.39 is 11.4 Å². The van der Waals surface area contributed by atoms with E-state index >= 15 is 0 Å². The van der Waals surface area contributed by atoms with Gasteiger partial charge in [0, 0.05) is 13.5 Å². The molecule has 1 N–H and O–H groups in total. The van der Waals surface area contributed by atoms with Crippen LogP contribution in [0.5, 0.6) is 0 Å². The number of carboxylic acid groups (broad SMARTS) is 1. The maximum atomic E-state index is 13.0. The van der Waals surface area contributed by atoms with Crippen molar-refractivity contribution in [3.63, 3.8) is 0 Å². The zero-order valence-corrected chi connectivity index (χ0v) is 17.0. The average Bonchev–Trinajstić information content (AvgIpc) is 2.64. The Morgan fingerprint density at radius 1 is 1.31 bits per heavy atom. The number of rotatable bonds is 2. The van der Waals surface area contributed by atoms with Crippen LogP contribution in [0.4, 0.5) is 5.69 Å². The first-order valence-corrected chi connectivity index (χ1v) is 9.74. The van der Waals surface area contributed by atoms with Gasteiger partial charge in [-0.3, -0.25) is 9.59 Å². The molecule has 142 valence electrons. The first-order valence-electron chi connectivity index (χ1n) is 9.37. The van der Waals surface area contributed by atoms with E-state index in [2.05, 4.69) is 26.8 Å². The summed E-state index contributed by atoms with van der Waals surface area (Å²) in [5, 5.41) is 10.6. The number of fused-ring (bicyclic) bond motifs is 3. The average molecular weight is 378 g/mol. The van der Waals surface area contributed by atoms with Crippen molar-refractivity contribution in [2.45, 2.75) is 64.7 Å². The summed E-state index contributed by atoms with van der Waals surface area (Å²) in [5.74, 6) is -0.869. The van der Waals surface area contributed by atoms with Gasteiger partial charge in [-0.25, -0.2) is 0 Å². The van der Waals surface area contributed by atoms with Gasteiger partial charge in [-0.15, -0.1) is 0 Å². The summed E-state index contributed by atoms with van der Waals surface area (Å²) < 4.78 is 0. The number of carboxylic acids is 1. The Hall–Kier alpha value is -1.55. The number of carbonyl (C=O) groups excluding carboxylic acids is 1. The van der Waals surface area contributed by atoms with E-state index in [9.17, 15) is 14.7 Å². The van der Waals surface area contributed by atoms with E-state index in [1.165, 1.54) is 0 Å². The van der Waals surface area contributed by atoms with Crippen molar-refractivity contribution >= 4 is 29.2 Å². The smallest absolute Gasteiger partial charge is 0.309 e. The highest BCUT2D eigenvalue weighted by Crippen LogP contribution is 2.58. The Morgan fingerprint density at radius 2 is 1.96 bits per heavy atom. The molecule has 1 amide bonds. The topological polar surface area (TPSA) is 57.6 Å². The third-order valence-corrected chi connectivity index (χ3v) is 7.29. The van der Waals surface area contributed by atoms with E-state index in [1.54, 1.807) is 18.9 Å². The molecule has 0 unspecified atom stereocenters. The summed E-state index contributed by atoms with van der Waals surface area (Å²) >= 11 is 6.77. The van der Waals surface area contributed by atoms with Gasteiger partial charge in [0.2, 0.25) is 5.91 Å². The number of benzene rings is 1. The van der Waals surface area contributed by atoms with Gasteiger partial charge in [0.1, 0.15) is 0 Å². The molecule has 0 saturated heterocycles. The monoisotopic (exact) mass is 377 g/mol. The predicted octanol–water partition coefficient (Wildman–Crippen LogP) is 4.98. The lowest BCUT2D eigenvalue weighted by atomic mass is 9.53. The normalized spacial score (nSPS) is 31.4. The fourth-order valence-electron chi connectivity index (χ4n) is 5.15. The van der Waals surface area contributed by atoms with Crippen molar-refractivity contribution in [2.75, 3.05) is 11.9 Å². The van der Waals surface area contributed by atoms with Crippen molar-refractivity contribution in [1.82, 2.24) is 0 Å². The van der Waals surface area contributed by atoms with Gasteiger partial charge in [-0.2, -0.15) is 0 Å². The molecule has 3 atom stereocenters. The third kappa shape index (κ3) is 2.57. The molecular formula is C21H28ClNO3. The Balaban J connectivity index is 2.29. The van der Waals surface area contributed by atoms with Crippen molar-refractivity contribution in [1.29, 1.82) is 0 Å². The molecule has 0 spiro atoms. The number of halogens is 1. The molecule has 1 heterocycles. The zero-order chi connectivity index (χ0) is 19.4. The summed E-state index contributed by atoms with van der Waals surface area (Å²) in [6.45, 7) is 8.09. The minimum absolute atomic E-state index is 0.0582. The largest absolute Gasteiger partial charge is 0.481 e. The molecule has 3 rings (SSSR count). The van der Waals surface area contributed by atoms with Crippen molar-refractivity contribution in [3.8, 4) is 0 Å². The van der Waals surface area contributed by atoms with E-state index in [1.807, 2.05) is 6.07 Å². The summed E-state index contributed by atoms with van der Waals surface area (Å²) in [7, 11) is 1.76. The number of nitrogens with zero attached hydrogens (tertiary/aromatic N) is 1. The first kappa shape index (κ1) is 19.2. The highest BCUT2D eigenvalue weighted by molar-refractivity contribution is 6.35. The van der Waals surface area contributed by atoms with Gasteiger partial charge in [0.25, 0.3) is 0 Å². The quantitative estimate of drug-likeness (QED) is 0.790. The highest BCUT2D eigenvalue weighted by Gasteiger charge is 2.56. The minimum atomic E-state index is -0.908. The van der Waals surface area contributed by atoms with Crippen LogP contribution >= 0.6 is 11.6 Å². The number of hydrogen-bond acceptors (Lipinski definition) is 2. The Morgan fingerprint density at radius 3 is 2.54 bits per heavy atom. The molecule has 2 aliphatic rings. The van der Waals surface area contributed by atoms with Crippen molar-refractivity contribution in [3.05, 3.63) is 28.3 Å². The molecule has 1 aliphatic heterocycles. The first-order chi connectivity index (χ1) is 12.0. The van der Waals surface area contributed by atoms with Gasteiger partial charge in [-0.05, 0) is 48.1 Å². The Kier molecular flexibility index (Phi) is 4.63. The molecule has 0 bridgehead atoms. The number of amides is 1. The third-order valence-electron chi connectivity index (χ3n) is 6.89. The summed E-state index contributed by atoms with van der Waals surface area (Å²) in [5.41, 5.74) is 1.50. The van der Waals surface area contributed by atoms with Crippen LogP contribution in [0.25, 0.3) is 0 Å². The van der Waals surface area contributed by atoms with E-state index in [-0.39, 0.29) is 29.6 Å². The molecular weight excluding hydrogens is 350 g/mol. The lowest BCUT2D eigenvalue weighted by molar-refractivity contribution is -0.157. The summed E-state index contributed by atoms with van der Waals surface area (Å²) in [6.07, 6.45) is 2.53. The van der Waals surface area contributed by atoms with Gasteiger partial charge >= 0.3 is 5.97 Å². The lowest BCUT2D eigenvalue weighted by Gasteiger charge is -2.49. The van der Waals surface area contributed by atoms with Crippen LogP contribution in [-0.2, 0) is 15.0 Å². The SMILES string of the molecule is CC(C)c1ccc2c(c1Cl)N(C)C(=O)C[C@H]1[C@](C)(C(=O)O)CCC[C@]21C. The zero-order valence-electron chi connectivity index (χ0n) is 16.2. The second kappa shape index (κ2) is 6.26. The lowest BCUT2D eigenvalue weighted by Crippen LogP contribution is -2.50.